The number of sulfonamides is 2. The lowest BCUT2D eigenvalue weighted by atomic mass is 10.2. The number of rotatable bonds is 4. The second-order valence-electron chi connectivity index (χ2n) is 7.67. The number of carbonyl (C=O) groups is 1. The highest BCUT2D eigenvalue weighted by molar-refractivity contribution is 7.94. The molecule has 0 bridgehead atoms. The van der Waals surface area contributed by atoms with Crippen LogP contribution in [0.25, 0.3) is 0 Å². The summed E-state index contributed by atoms with van der Waals surface area (Å²) in [4.78, 5) is 22.7. The largest absolute Gasteiger partial charge is 0.338 e. The minimum atomic E-state index is -3.78. The molecule has 2 saturated heterocycles. The Balaban J connectivity index is 1.55. The van der Waals surface area contributed by atoms with E-state index in [2.05, 4.69) is 9.97 Å². The summed E-state index contributed by atoms with van der Waals surface area (Å²) < 4.78 is 53.3. The molecule has 0 spiro atoms. The molecule has 1 amide bonds. The number of aryl methyl sites for hydroxylation is 1. The minimum absolute atomic E-state index is 0.0951. The molecule has 4 rings (SSSR count). The third-order valence-corrected chi connectivity index (χ3v) is 9.37. The van der Waals surface area contributed by atoms with Gasteiger partial charge < -0.3 is 4.90 Å². The van der Waals surface area contributed by atoms with Crippen molar-refractivity contribution in [2.75, 3.05) is 41.1 Å². The number of benzene rings is 1. The summed E-state index contributed by atoms with van der Waals surface area (Å²) in [5.41, 5.74) is 0.547. The number of anilines is 2. The molecular weight excluding hydrogens is 442 g/mol. The molecular formula is C19H23N5O5S2. The number of amides is 1. The van der Waals surface area contributed by atoms with Crippen LogP contribution >= 0.6 is 0 Å². The maximum Gasteiger partial charge on any atom is 0.244 e. The van der Waals surface area contributed by atoms with Gasteiger partial charge in [-0.15, -0.1) is 0 Å². The number of piperazine rings is 1. The van der Waals surface area contributed by atoms with E-state index in [-0.39, 0.29) is 29.4 Å². The summed E-state index contributed by atoms with van der Waals surface area (Å²) in [6.07, 6.45) is 3.28. The van der Waals surface area contributed by atoms with Crippen LogP contribution in [0.15, 0.2) is 41.6 Å². The Bertz CT molecular complexity index is 1210. The molecule has 1 aromatic carbocycles. The van der Waals surface area contributed by atoms with Gasteiger partial charge in [-0.05, 0) is 36.8 Å². The molecule has 1 aromatic heterocycles. The molecule has 12 heteroatoms. The molecule has 2 aliphatic rings. The molecule has 0 radical (unpaired) electrons. The maximum atomic E-state index is 13.2. The van der Waals surface area contributed by atoms with Crippen LogP contribution < -0.4 is 9.21 Å². The van der Waals surface area contributed by atoms with Gasteiger partial charge in [0.05, 0.1) is 22.3 Å². The molecule has 0 aliphatic carbocycles. The predicted octanol–water partition coefficient (Wildman–Crippen LogP) is 0.608. The first-order valence-electron chi connectivity index (χ1n) is 9.81. The number of nitrogens with zero attached hydrogens (tertiary/aromatic N) is 5. The first-order chi connectivity index (χ1) is 14.6. The maximum absolute atomic E-state index is 13.2. The Labute approximate surface area is 181 Å². The van der Waals surface area contributed by atoms with E-state index in [1.807, 2.05) is 4.90 Å². The Morgan fingerprint density at radius 1 is 1.06 bits per heavy atom. The van der Waals surface area contributed by atoms with Gasteiger partial charge >= 0.3 is 0 Å². The van der Waals surface area contributed by atoms with Crippen LogP contribution in [-0.2, 0) is 24.8 Å². The average Bonchev–Trinajstić information content (AvgIpc) is 2.95. The molecule has 1 atom stereocenters. The second-order valence-corrected chi connectivity index (χ2v) is 11.4. The number of aromatic nitrogens is 2. The van der Waals surface area contributed by atoms with Gasteiger partial charge in [-0.3, -0.25) is 4.79 Å². The van der Waals surface area contributed by atoms with Crippen molar-refractivity contribution in [1.29, 1.82) is 0 Å². The molecule has 0 N–H and O–H groups in total. The summed E-state index contributed by atoms with van der Waals surface area (Å²) in [6, 6.07) is 5.91. The van der Waals surface area contributed by atoms with E-state index in [4.69, 9.17) is 0 Å². The Morgan fingerprint density at radius 2 is 1.71 bits per heavy atom. The molecule has 2 fully saturated rings. The standard InChI is InChI=1S/C19H23N5O5S2/c1-14-12-16(24-18(25)15(2)13-30(24,26)27)4-5-17(14)31(28,29)23-10-8-22(9-11-23)19-20-6-3-7-21-19/h3-7,12,15H,8-11,13H2,1-2H3/t15-/m0/s1. The number of hydrogen-bond donors (Lipinski definition) is 0. The van der Waals surface area contributed by atoms with Crippen LogP contribution in [0.3, 0.4) is 0 Å². The Hall–Kier alpha value is -2.57. The lowest BCUT2D eigenvalue weighted by Crippen LogP contribution is -2.49. The van der Waals surface area contributed by atoms with E-state index >= 15 is 0 Å². The van der Waals surface area contributed by atoms with Crippen LogP contribution in [0, 0.1) is 12.8 Å². The molecule has 166 valence electrons. The summed E-state index contributed by atoms with van der Waals surface area (Å²) >= 11 is 0. The molecule has 2 aliphatic heterocycles. The van der Waals surface area contributed by atoms with Crippen LogP contribution in [0.2, 0.25) is 0 Å². The van der Waals surface area contributed by atoms with Gasteiger partial charge in [-0.2, -0.15) is 4.31 Å². The zero-order valence-electron chi connectivity index (χ0n) is 17.2. The zero-order chi connectivity index (χ0) is 22.4. The molecule has 0 saturated carbocycles. The number of carbonyl (C=O) groups excluding carboxylic acids is 1. The highest BCUT2D eigenvalue weighted by Gasteiger charge is 2.42. The summed E-state index contributed by atoms with van der Waals surface area (Å²) in [5, 5.41) is 0. The van der Waals surface area contributed by atoms with Gasteiger partial charge in [0.25, 0.3) is 0 Å². The van der Waals surface area contributed by atoms with E-state index in [0.717, 1.165) is 4.31 Å². The quantitative estimate of drug-likeness (QED) is 0.644. The zero-order valence-corrected chi connectivity index (χ0v) is 18.8. The van der Waals surface area contributed by atoms with Crippen LogP contribution in [0.5, 0.6) is 0 Å². The summed E-state index contributed by atoms with van der Waals surface area (Å²) in [5.74, 6) is -0.820. The van der Waals surface area contributed by atoms with Crippen molar-refractivity contribution in [3.63, 3.8) is 0 Å². The van der Waals surface area contributed by atoms with E-state index < -0.39 is 31.9 Å². The van der Waals surface area contributed by atoms with Crippen LogP contribution in [0.4, 0.5) is 11.6 Å². The SMILES string of the molecule is Cc1cc(N2C(=O)[C@@H](C)CS2(=O)=O)ccc1S(=O)(=O)N1CCN(c2ncccn2)CC1. The fraction of sp³-hybridized carbons (Fsp3) is 0.421. The van der Waals surface area contributed by atoms with Crippen molar-refractivity contribution in [3.8, 4) is 0 Å². The van der Waals surface area contributed by atoms with Crippen LogP contribution in [-0.4, -0.2) is 68.9 Å². The van der Waals surface area contributed by atoms with Crippen molar-refractivity contribution >= 4 is 37.6 Å². The van der Waals surface area contributed by atoms with Crippen molar-refractivity contribution < 1.29 is 21.6 Å². The fourth-order valence-electron chi connectivity index (χ4n) is 3.86. The molecule has 31 heavy (non-hydrogen) atoms. The van der Waals surface area contributed by atoms with Crippen molar-refractivity contribution in [3.05, 3.63) is 42.2 Å². The van der Waals surface area contributed by atoms with Gasteiger partial charge in [-0.1, -0.05) is 6.92 Å². The topological polar surface area (TPSA) is 121 Å². The van der Waals surface area contributed by atoms with Gasteiger partial charge in [0, 0.05) is 38.6 Å². The molecule has 2 aromatic rings. The van der Waals surface area contributed by atoms with Gasteiger partial charge in [0.15, 0.2) is 0 Å². The van der Waals surface area contributed by atoms with Crippen molar-refractivity contribution in [2.45, 2.75) is 18.7 Å². The van der Waals surface area contributed by atoms with E-state index in [0.29, 0.717) is 24.6 Å². The normalized spacial score (nSPS) is 22.1. The van der Waals surface area contributed by atoms with Crippen molar-refractivity contribution in [1.82, 2.24) is 14.3 Å². The van der Waals surface area contributed by atoms with Gasteiger partial charge in [0.1, 0.15) is 0 Å². The summed E-state index contributed by atoms with van der Waals surface area (Å²) in [7, 11) is -7.53. The van der Waals surface area contributed by atoms with Gasteiger partial charge in [0.2, 0.25) is 31.9 Å². The monoisotopic (exact) mass is 465 g/mol. The Morgan fingerprint density at radius 3 is 2.26 bits per heavy atom. The minimum Gasteiger partial charge on any atom is -0.338 e. The highest BCUT2D eigenvalue weighted by Crippen LogP contribution is 2.31. The first kappa shape index (κ1) is 21.7. The molecule has 0 unspecified atom stereocenters. The van der Waals surface area contributed by atoms with Crippen molar-refractivity contribution in [2.24, 2.45) is 5.92 Å². The molecule has 3 heterocycles. The van der Waals surface area contributed by atoms with E-state index in [1.54, 1.807) is 32.3 Å². The average molecular weight is 466 g/mol. The predicted molar refractivity (Wildman–Crippen MR) is 115 cm³/mol. The van der Waals surface area contributed by atoms with E-state index in [1.165, 1.54) is 22.5 Å². The second kappa shape index (κ2) is 7.84. The lowest BCUT2D eigenvalue weighted by molar-refractivity contribution is -0.119. The van der Waals surface area contributed by atoms with Crippen LogP contribution in [0.1, 0.15) is 12.5 Å². The summed E-state index contributed by atoms with van der Waals surface area (Å²) in [6.45, 7) is 4.63. The van der Waals surface area contributed by atoms with E-state index in [9.17, 15) is 21.6 Å². The molecule has 10 nitrogen and oxygen atoms in total. The number of hydrogen-bond acceptors (Lipinski definition) is 8. The van der Waals surface area contributed by atoms with Gasteiger partial charge in [-0.25, -0.2) is 31.1 Å². The third kappa shape index (κ3) is 3.90. The highest BCUT2D eigenvalue weighted by atomic mass is 32.2. The first-order valence-corrected chi connectivity index (χ1v) is 12.9. The fourth-order valence-corrected chi connectivity index (χ4v) is 7.30. The smallest absolute Gasteiger partial charge is 0.244 e. The third-order valence-electron chi connectivity index (χ3n) is 5.44. The Kier molecular flexibility index (Phi) is 5.48. The lowest BCUT2D eigenvalue weighted by Gasteiger charge is -2.34.